The number of ether oxygens (including phenoxy) is 1. The van der Waals surface area contributed by atoms with Gasteiger partial charge >= 0.3 is 49.4 Å². The number of hydrogen-bond acceptors (Lipinski definition) is 3. The highest BCUT2D eigenvalue weighted by molar-refractivity contribution is 7.20. The first-order valence-corrected chi connectivity index (χ1v) is 21.0. The van der Waals surface area contributed by atoms with Gasteiger partial charge in [-0.1, -0.05) is 85.8 Å². The van der Waals surface area contributed by atoms with E-state index in [1.807, 2.05) is 37.3 Å². The quantitative estimate of drug-likeness (QED) is 0.0594. The summed E-state index contributed by atoms with van der Waals surface area (Å²) in [5.41, 5.74) is -29.5. The molecule has 0 N–H and O–H groups in total. The summed E-state index contributed by atoms with van der Waals surface area (Å²) in [6, 6.07) is 0.444. The van der Waals surface area contributed by atoms with Crippen molar-refractivity contribution in [2.24, 2.45) is 0 Å². The van der Waals surface area contributed by atoms with Crippen molar-refractivity contribution in [1.29, 1.82) is 0 Å². The molecule has 0 fully saturated rings. The van der Waals surface area contributed by atoms with Crippen LogP contribution in [-0.2, 0) is 56.0 Å². The van der Waals surface area contributed by atoms with Crippen molar-refractivity contribution in [3.05, 3.63) is 172 Å². The number of aromatic nitrogens is 2. The summed E-state index contributed by atoms with van der Waals surface area (Å²) in [5, 5.41) is 0. The lowest BCUT2D eigenvalue weighted by atomic mass is 9.12. The third-order valence-corrected chi connectivity index (χ3v) is 11.1. The molecule has 0 aliphatic heterocycles. The lowest BCUT2D eigenvalue weighted by molar-refractivity contribution is -0.684. The minimum atomic E-state index is -6.13. The normalized spacial score (nSPS) is 13.3. The molecule has 410 valence electrons. The van der Waals surface area contributed by atoms with Crippen LogP contribution in [0.3, 0.4) is 0 Å². The maximum absolute atomic E-state index is 14.2. The van der Waals surface area contributed by atoms with Crippen molar-refractivity contribution >= 4 is 33.8 Å². The van der Waals surface area contributed by atoms with E-state index in [1.165, 1.54) is 0 Å². The molecule has 5 aromatic carbocycles. The highest BCUT2D eigenvalue weighted by atomic mass is 19.4. The Hall–Kier alpha value is -6.97. The van der Waals surface area contributed by atoms with Crippen LogP contribution < -0.4 is 31.2 Å². The van der Waals surface area contributed by atoms with Gasteiger partial charge in [0.15, 0.2) is 6.20 Å². The molecule has 0 atom stereocenters. The molecule has 0 unspecified atom stereocenters. The molecular formula is C47H29BF24N2O2. The van der Waals surface area contributed by atoms with Crippen molar-refractivity contribution in [1.82, 2.24) is 4.98 Å². The Morgan fingerprint density at radius 1 is 0.447 bits per heavy atom. The largest absolute Gasteiger partial charge is 0.473 e. The average Bonchev–Trinajstić information content (AvgIpc) is 3.29. The van der Waals surface area contributed by atoms with Gasteiger partial charge in [-0.25, -0.2) is 4.98 Å². The Labute approximate surface area is 411 Å². The van der Waals surface area contributed by atoms with E-state index in [0.717, 1.165) is 6.42 Å². The van der Waals surface area contributed by atoms with Gasteiger partial charge in [-0.05, 0) is 30.7 Å². The van der Waals surface area contributed by atoms with Gasteiger partial charge in [0, 0.05) is 5.56 Å². The van der Waals surface area contributed by atoms with Crippen molar-refractivity contribution in [3.8, 4) is 5.88 Å². The summed E-state index contributed by atoms with van der Waals surface area (Å²) < 4.78 is 348. The van der Waals surface area contributed by atoms with Crippen molar-refractivity contribution in [3.63, 3.8) is 0 Å². The molecule has 0 saturated heterocycles. The zero-order valence-corrected chi connectivity index (χ0v) is 37.5. The molecule has 1 heterocycles. The summed E-state index contributed by atoms with van der Waals surface area (Å²) >= 11 is 0. The molecule has 6 rings (SSSR count). The van der Waals surface area contributed by atoms with Gasteiger partial charge in [0.25, 0.3) is 5.88 Å². The van der Waals surface area contributed by atoms with Gasteiger partial charge < -0.3 is 4.74 Å². The Morgan fingerprint density at radius 2 is 0.724 bits per heavy atom. The van der Waals surface area contributed by atoms with Gasteiger partial charge in [-0.2, -0.15) is 132 Å². The van der Waals surface area contributed by atoms with Crippen LogP contribution in [0.5, 0.6) is 5.88 Å². The fraction of sp³-hybridized carbons (Fsp3) is 0.255. The van der Waals surface area contributed by atoms with E-state index in [4.69, 9.17) is 4.74 Å². The topological polar surface area (TPSA) is 43.1 Å². The van der Waals surface area contributed by atoms with Gasteiger partial charge in [0.2, 0.25) is 18.5 Å². The van der Waals surface area contributed by atoms with E-state index in [2.05, 4.69) is 4.98 Å². The number of alkyl halides is 24. The molecule has 0 spiro atoms. The number of halogens is 24. The summed E-state index contributed by atoms with van der Waals surface area (Å²) in [7, 11) is 0. The lowest BCUT2D eigenvalue weighted by Crippen LogP contribution is -2.75. The number of Topliss-reactive ketones (excluding diaryl/α,β-unsaturated/α-hetero) is 1. The van der Waals surface area contributed by atoms with Crippen LogP contribution >= 0.6 is 0 Å². The maximum atomic E-state index is 14.2. The standard InChI is InChI=1S/C32H12BF24.C15H17N2O2/c34-25(35,36)13-1-14(26(37,38)39)6-21(5-13)33(22-7-15(27(40,41)42)2-16(8-22)28(43,44)45,23-9-17(29(46,47)48)3-18(10-23)30(49,50)51)24-11-19(31(52,53)54)4-20(12-24)32(55,56)57;1-2-10-19-15-12-17(9-8-16-15)11-14(18)13-6-4-3-5-7-13/h1-12H;3-9,12H,2,10-11H2,1H3/q-1;+1. The van der Waals surface area contributed by atoms with Crippen LogP contribution in [0.2, 0.25) is 0 Å². The molecule has 0 aliphatic carbocycles. The predicted octanol–water partition coefficient (Wildman–Crippen LogP) is 13.3. The summed E-state index contributed by atoms with van der Waals surface area (Å²) in [6.07, 6.45) is -48.7. The number of carbonyl (C=O) groups is 1. The molecule has 0 aliphatic rings. The van der Waals surface area contributed by atoms with Crippen LogP contribution in [0.1, 0.15) is 68.2 Å². The molecule has 0 amide bonds. The fourth-order valence-corrected chi connectivity index (χ4v) is 7.74. The maximum Gasteiger partial charge on any atom is 0.416 e. The van der Waals surface area contributed by atoms with Crippen LogP contribution in [0, 0.1) is 0 Å². The number of hydrogen-bond donors (Lipinski definition) is 0. The minimum Gasteiger partial charge on any atom is -0.473 e. The highest BCUT2D eigenvalue weighted by Gasteiger charge is 2.47. The molecule has 1 aromatic heterocycles. The number of nitrogens with zero attached hydrogens (tertiary/aromatic N) is 2. The van der Waals surface area contributed by atoms with Gasteiger partial charge in [-0.3, -0.25) is 4.79 Å². The predicted molar refractivity (Wildman–Crippen MR) is 221 cm³/mol. The van der Waals surface area contributed by atoms with Crippen LogP contribution in [0.25, 0.3) is 0 Å². The first kappa shape index (κ1) is 59.9. The zero-order chi connectivity index (χ0) is 57.4. The molecule has 6 aromatic rings. The Balaban J connectivity index is 0.000000468. The monoisotopic (exact) mass is 1120 g/mol. The van der Waals surface area contributed by atoms with E-state index in [0.29, 0.717) is 18.1 Å². The van der Waals surface area contributed by atoms with E-state index in [-0.39, 0.29) is 12.3 Å². The smallest absolute Gasteiger partial charge is 0.416 e. The number of carbonyl (C=O) groups excluding carboxylic acids is 1. The molecule has 0 bridgehead atoms. The molecule has 29 heteroatoms. The fourth-order valence-electron chi connectivity index (χ4n) is 7.74. The zero-order valence-electron chi connectivity index (χ0n) is 37.5. The molecule has 4 nitrogen and oxygen atoms in total. The second-order valence-corrected chi connectivity index (χ2v) is 16.4. The summed E-state index contributed by atoms with van der Waals surface area (Å²) in [6.45, 7) is 2.95. The molecular weight excluding hydrogens is 1090 g/mol. The second kappa shape index (κ2) is 21.2. The van der Waals surface area contributed by atoms with Crippen LogP contribution in [-0.4, -0.2) is 23.5 Å². The first-order valence-electron chi connectivity index (χ1n) is 21.0. The molecule has 0 saturated carbocycles. The van der Waals surface area contributed by atoms with Gasteiger partial charge in [0.1, 0.15) is 6.15 Å². The van der Waals surface area contributed by atoms with E-state index in [9.17, 15) is 110 Å². The lowest BCUT2D eigenvalue weighted by Gasteiger charge is -2.46. The Kier molecular flexibility index (Phi) is 16.7. The Bertz CT molecular complexity index is 2590. The van der Waals surface area contributed by atoms with Crippen LogP contribution in [0.15, 0.2) is 122 Å². The number of ketones is 1. The molecule has 76 heavy (non-hydrogen) atoms. The number of rotatable bonds is 10. The van der Waals surface area contributed by atoms with Gasteiger partial charge in [-0.15, -0.1) is 0 Å². The Morgan fingerprint density at radius 3 is 0.974 bits per heavy atom. The average molecular weight is 1120 g/mol. The SMILES string of the molecule is CCCOc1c[n+](CC(=O)c2ccccc2)ccn1.FC(F)(F)c1cc([B-](c2cc(C(F)(F)F)cc(C(F)(F)F)c2)(c2cc(C(F)(F)F)cc(C(F)(F)F)c2)c2cc(C(F)(F)F)cc(C(F)(F)F)c2)cc(C(F)(F)F)c1. The van der Waals surface area contributed by atoms with Crippen LogP contribution in [0.4, 0.5) is 105 Å². The molecule has 0 radical (unpaired) electrons. The van der Waals surface area contributed by atoms with E-state index >= 15 is 0 Å². The van der Waals surface area contributed by atoms with E-state index < -0.39 is 195 Å². The van der Waals surface area contributed by atoms with Crippen molar-refractivity contribution in [2.75, 3.05) is 6.61 Å². The third kappa shape index (κ3) is 14.3. The summed E-state index contributed by atoms with van der Waals surface area (Å²) in [4.78, 5) is 16.2. The summed E-state index contributed by atoms with van der Waals surface area (Å²) in [5.74, 6) is 0.614. The third-order valence-electron chi connectivity index (χ3n) is 11.1. The second-order valence-electron chi connectivity index (χ2n) is 16.4. The van der Waals surface area contributed by atoms with E-state index in [1.54, 1.807) is 23.2 Å². The first-order chi connectivity index (χ1) is 34.6. The van der Waals surface area contributed by atoms with Gasteiger partial charge in [0.05, 0.1) is 57.3 Å². The minimum absolute atomic E-state index is 0.0678. The number of benzene rings is 5. The van der Waals surface area contributed by atoms with Crippen molar-refractivity contribution in [2.45, 2.75) is 69.3 Å². The highest BCUT2D eigenvalue weighted by Crippen LogP contribution is 2.41. The van der Waals surface area contributed by atoms with Crippen molar-refractivity contribution < 1.29 is 119 Å².